The summed E-state index contributed by atoms with van der Waals surface area (Å²) in [4.78, 5) is 10.4. The fourth-order valence-electron chi connectivity index (χ4n) is 1.18. The number of rotatable bonds is 5. The average molecular weight is 255 g/mol. The molecule has 0 aliphatic carbocycles. The molecule has 0 fully saturated rings. The summed E-state index contributed by atoms with van der Waals surface area (Å²) in [6, 6.07) is 5.19. The molecule has 0 aromatic heterocycles. The van der Waals surface area contributed by atoms with Gasteiger partial charge in [0.05, 0.1) is 11.1 Å². The Morgan fingerprint density at radius 2 is 2.29 bits per heavy atom. The second kappa shape index (κ2) is 6.30. The number of hydrogen-bond acceptors (Lipinski definition) is 2. The topological polar surface area (TPSA) is 46.5 Å². The zero-order valence-corrected chi connectivity index (χ0v) is 10.6. The largest absolute Gasteiger partial charge is 0.489 e. The lowest BCUT2D eigenvalue weighted by Gasteiger charge is -2.13. The monoisotopic (exact) mass is 254 g/mol. The summed E-state index contributed by atoms with van der Waals surface area (Å²) in [5.74, 6) is -0.366. The molecule has 3 nitrogen and oxygen atoms in total. The SMILES string of the molecule is CCC(C)Oc1ccc(C=CC(=O)O)cc1Cl. The fraction of sp³-hybridized carbons (Fsp3) is 0.308. The van der Waals surface area contributed by atoms with Gasteiger partial charge in [-0.15, -0.1) is 0 Å². The molecule has 0 aliphatic rings. The summed E-state index contributed by atoms with van der Waals surface area (Å²) in [7, 11) is 0. The Morgan fingerprint density at radius 1 is 1.59 bits per heavy atom. The van der Waals surface area contributed by atoms with Gasteiger partial charge < -0.3 is 9.84 Å². The summed E-state index contributed by atoms with van der Waals surface area (Å²) in [5, 5.41) is 8.99. The van der Waals surface area contributed by atoms with E-state index in [1.807, 2.05) is 13.8 Å². The summed E-state index contributed by atoms with van der Waals surface area (Å²) in [5.41, 5.74) is 0.730. The van der Waals surface area contributed by atoms with Crippen molar-refractivity contribution in [3.05, 3.63) is 34.9 Å². The fourth-order valence-corrected chi connectivity index (χ4v) is 1.42. The molecular formula is C13H15ClO3. The number of ether oxygens (including phenoxy) is 1. The Balaban J connectivity index is 2.82. The van der Waals surface area contributed by atoms with Crippen molar-refractivity contribution in [3.63, 3.8) is 0 Å². The molecule has 0 amide bonds. The zero-order chi connectivity index (χ0) is 12.8. The van der Waals surface area contributed by atoms with Gasteiger partial charge in [0.2, 0.25) is 0 Å². The standard InChI is InChI=1S/C13H15ClO3/c1-3-9(2)17-12-6-4-10(8-11(12)14)5-7-13(15)16/h4-9H,3H2,1-2H3,(H,15,16). The molecule has 1 aromatic rings. The Kier molecular flexibility index (Phi) is 5.04. The van der Waals surface area contributed by atoms with Crippen molar-refractivity contribution >= 4 is 23.6 Å². The highest BCUT2D eigenvalue weighted by molar-refractivity contribution is 6.32. The van der Waals surface area contributed by atoms with Crippen molar-refractivity contribution in [3.8, 4) is 5.75 Å². The van der Waals surface area contributed by atoms with Crippen LogP contribution in [0, 0.1) is 0 Å². The lowest BCUT2D eigenvalue weighted by atomic mass is 10.2. The van der Waals surface area contributed by atoms with E-state index in [9.17, 15) is 4.79 Å². The minimum absolute atomic E-state index is 0.105. The van der Waals surface area contributed by atoms with Crippen LogP contribution in [0.4, 0.5) is 0 Å². The summed E-state index contributed by atoms with van der Waals surface area (Å²) < 4.78 is 5.60. The van der Waals surface area contributed by atoms with Gasteiger partial charge in [0.1, 0.15) is 5.75 Å². The first-order valence-electron chi connectivity index (χ1n) is 5.40. The number of aliphatic carboxylic acids is 1. The van der Waals surface area contributed by atoms with Crippen LogP contribution in [0.1, 0.15) is 25.8 Å². The normalized spacial score (nSPS) is 12.6. The quantitative estimate of drug-likeness (QED) is 0.817. The molecular weight excluding hydrogens is 240 g/mol. The maximum atomic E-state index is 10.4. The Hall–Kier alpha value is -1.48. The predicted octanol–water partition coefficient (Wildman–Crippen LogP) is 3.62. The van der Waals surface area contributed by atoms with Gasteiger partial charge in [-0.3, -0.25) is 0 Å². The molecule has 1 aromatic carbocycles. The van der Waals surface area contributed by atoms with Gasteiger partial charge in [0.25, 0.3) is 0 Å². The van der Waals surface area contributed by atoms with E-state index in [-0.39, 0.29) is 6.10 Å². The van der Waals surface area contributed by atoms with Crippen LogP contribution in [0.2, 0.25) is 5.02 Å². The Labute approximate surface area is 106 Å². The van der Waals surface area contributed by atoms with E-state index in [4.69, 9.17) is 21.4 Å². The zero-order valence-electron chi connectivity index (χ0n) is 9.81. The minimum atomic E-state index is -0.985. The number of carbonyl (C=O) groups is 1. The van der Waals surface area contributed by atoms with Gasteiger partial charge in [0, 0.05) is 6.08 Å². The highest BCUT2D eigenvalue weighted by atomic mass is 35.5. The van der Waals surface area contributed by atoms with Crippen molar-refractivity contribution < 1.29 is 14.6 Å². The third kappa shape index (κ3) is 4.49. The van der Waals surface area contributed by atoms with Crippen LogP contribution < -0.4 is 4.74 Å². The van der Waals surface area contributed by atoms with Crippen molar-refractivity contribution in [1.82, 2.24) is 0 Å². The van der Waals surface area contributed by atoms with E-state index in [1.165, 1.54) is 6.08 Å². The highest BCUT2D eigenvalue weighted by Crippen LogP contribution is 2.27. The second-order valence-electron chi connectivity index (χ2n) is 3.70. The molecule has 0 heterocycles. The maximum Gasteiger partial charge on any atom is 0.328 e. The number of carboxylic acid groups (broad SMARTS) is 1. The van der Waals surface area contributed by atoms with E-state index in [2.05, 4.69) is 0 Å². The first-order chi connectivity index (χ1) is 8.02. The van der Waals surface area contributed by atoms with Crippen molar-refractivity contribution in [1.29, 1.82) is 0 Å². The molecule has 0 spiro atoms. The smallest absolute Gasteiger partial charge is 0.328 e. The lowest BCUT2D eigenvalue weighted by molar-refractivity contribution is -0.131. The van der Waals surface area contributed by atoms with Crippen LogP contribution in [0.15, 0.2) is 24.3 Å². The van der Waals surface area contributed by atoms with E-state index in [0.29, 0.717) is 10.8 Å². The van der Waals surface area contributed by atoms with Crippen LogP contribution in [0.25, 0.3) is 6.08 Å². The van der Waals surface area contributed by atoms with Crippen LogP contribution >= 0.6 is 11.6 Å². The van der Waals surface area contributed by atoms with Gasteiger partial charge >= 0.3 is 5.97 Å². The third-order valence-electron chi connectivity index (χ3n) is 2.28. The van der Waals surface area contributed by atoms with Gasteiger partial charge in [0.15, 0.2) is 0 Å². The first-order valence-corrected chi connectivity index (χ1v) is 5.78. The molecule has 4 heteroatoms. The van der Waals surface area contributed by atoms with Crippen molar-refractivity contribution in [2.24, 2.45) is 0 Å². The van der Waals surface area contributed by atoms with Crippen LogP contribution in [0.5, 0.6) is 5.75 Å². The van der Waals surface area contributed by atoms with Crippen LogP contribution in [-0.4, -0.2) is 17.2 Å². The van der Waals surface area contributed by atoms with Crippen molar-refractivity contribution in [2.45, 2.75) is 26.4 Å². The summed E-state index contributed by atoms with van der Waals surface area (Å²) >= 11 is 6.04. The molecule has 0 saturated heterocycles. The average Bonchev–Trinajstić information content (AvgIpc) is 2.29. The number of benzene rings is 1. The molecule has 0 aliphatic heterocycles. The van der Waals surface area contributed by atoms with E-state index >= 15 is 0 Å². The molecule has 0 radical (unpaired) electrons. The van der Waals surface area contributed by atoms with E-state index in [0.717, 1.165) is 18.1 Å². The molecule has 1 rings (SSSR count). The number of carboxylic acids is 1. The summed E-state index contributed by atoms with van der Waals surface area (Å²) in [6.45, 7) is 4.00. The van der Waals surface area contributed by atoms with E-state index in [1.54, 1.807) is 18.2 Å². The predicted molar refractivity (Wildman–Crippen MR) is 68.5 cm³/mol. The van der Waals surface area contributed by atoms with Gasteiger partial charge in [-0.2, -0.15) is 0 Å². The molecule has 1 atom stereocenters. The second-order valence-corrected chi connectivity index (χ2v) is 4.11. The molecule has 1 unspecified atom stereocenters. The molecule has 17 heavy (non-hydrogen) atoms. The maximum absolute atomic E-state index is 10.4. The first kappa shape index (κ1) is 13.6. The molecule has 0 bridgehead atoms. The van der Waals surface area contributed by atoms with Crippen LogP contribution in [-0.2, 0) is 4.79 Å². The van der Waals surface area contributed by atoms with Crippen LogP contribution in [0.3, 0.4) is 0 Å². The Bertz CT molecular complexity index is 427. The van der Waals surface area contributed by atoms with Gasteiger partial charge in [-0.1, -0.05) is 24.6 Å². The minimum Gasteiger partial charge on any atom is -0.489 e. The van der Waals surface area contributed by atoms with Gasteiger partial charge in [-0.05, 0) is 37.1 Å². The summed E-state index contributed by atoms with van der Waals surface area (Å²) in [6.07, 6.45) is 3.56. The Morgan fingerprint density at radius 3 is 2.82 bits per heavy atom. The molecule has 92 valence electrons. The lowest BCUT2D eigenvalue weighted by Crippen LogP contribution is -2.09. The highest BCUT2D eigenvalue weighted by Gasteiger charge is 2.05. The number of hydrogen-bond donors (Lipinski definition) is 1. The van der Waals surface area contributed by atoms with E-state index < -0.39 is 5.97 Å². The molecule has 1 N–H and O–H groups in total. The third-order valence-corrected chi connectivity index (χ3v) is 2.57. The number of halogens is 1. The van der Waals surface area contributed by atoms with Crippen molar-refractivity contribution in [2.75, 3.05) is 0 Å². The molecule has 0 saturated carbocycles. The van der Waals surface area contributed by atoms with Gasteiger partial charge in [-0.25, -0.2) is 4.79 Å².